The lowest BCUT2D eigenvalue weighted by molar-refractivity contribution is -0.142. The lowest BCUT2D eigenvalue weighted by Crippen LogP contribution is -2.54. The van der Waals surface area contributed by atoms with Crippen molar-refractivity contribution in [3.8, 4) is 0 Å². The summed E-state index contributed by atoms with van der Waals surface area (Å²) in [6.45, 7) is 2.80. The Labute approximate surface area is 295 Å². The molecule has 4 fully saturated rings. The first-order valence-electron chi connectivity index (χ1n) is 17.5. The second-order valence-corrected chi connectivity index (χ2v) is 14.4. The second kappa shape index (κ2) is 13.6. The molecule has 2 aromatic carbocycles. The summed E-state index contributed by atoms with van der Waals surface area (Å²) >= 11 is 0. The third kappa shape index (κ3) is 6.96. The summed E-state index contributed by atoms with van der Waals surface area (Å²) in [5, 5.41) is 0. The number of nitrogens with zero attached hydrogens (tertiary/aromatic N) is 5. The maximum Gasteiger partial charge on any atom is 0.418 e. The van der Waals surface area contributed by atoms with E-state index in [9.17, 15) is 40.7 Å². The number of aromatic amines is 1. The van der Waals surface area contributed by atoms with Crippen LogP contribution in [0, 0.1) is 0 Å². The zero-order chi connectivity index (χ0) is 37.1. The van der Waals surface area contributed by atoms with Crippen LogP contribution in [0.4, 0.5) is 36.8 Å². The molecule has 282 valence electrons. The number of alkyl halides is 6. The number of nitrogens with one attached hydrogen (secondary N) is 1. The predicted molar refractivity (Wildman–Crippen MR) is 178 cm³/mol. The van der Waals surface area contributed by atoms with Crippen LogP contribution in [0.25, 0.3) is 11.0 Å². The van der Waals surface area contributed by atoms with E-state index in [4.69, 9.17) is 10.5 Å². The van der Waals surface area contributed by atoms with E-state index in [1.807, 2.05) is 12.1 Å². The van der Waals surface area contributed by atoms with Crippen LogP contribution >= 0.6 is 0 Å². The van der Waals surface area contributed by atoms with Crippen molar-refractivity contribution in [2.24, 2.45) is 0 Å². The predicted octanol–water partition coefficient (Wildman–Crippen LogP) is 4.71. The number of ether oxygens (including phenoxy) is 1. The van der Waals surface area contributed by atoms with E-state index in [1.165, 1.54) is 9.80 Å². The van der Waals surface area contributed by atoms with Gasteiger partial charge in [0.1, 0.15) is 0 Å². The number of imidazole rings is 1. The fourth-order valence-electron chi connectivity index (χ4n) is 8.60. The van der Waals surface area contributed by atoms with Gasteiger partial charge in [0.25, 0.3) is 5.91 Å². The largest absolute Gasteiger partial charge is 0.436 e. The lowest BCUT2D eigenvalue weighted by Gasteiger charge is -2.42. The number of H-pyrrole nitrogens is 1. The number of aromatic nitrogens is 2. The Morgan fingerprint density at radius 1 is 0.865 bits per heavy atom. The Morgan fingerprint density at radius 2 is 1.46 bits per heavy atom. The van der Waals surface area contributed by atoms with Crippen molar-refractivity contribution in [1.29, 1.82) is 0 Å². The van der Waals surface area contributed by atoms with Gasteiger partial charge in [-0.1, -0.05) is 12.1 Å². The van der Waals surface area contributed by atoms with Gasteiger partial charge in [0.15, 0.2) is 6.10 Å². The standard InChI is InChI=1S/C35H41F6N7O4/c1-44-18-24-17-23(44)19-47(24)21-6-10-45(11-7-21)31(49)29(16-20-14-25(34(36,37)38)30(42)26(15-20)35(39,40)41)52-33(51)46-12-8-22(9-13-46)48-28-5-3-2-4-27(28)43-32(48)50/h2-5,14-15,21-24,29H,6-13,16-19,42H2,1H3,(H,43,50)/t23?,24?,29-/m1/s1. The minimum Gasteiger partial charge on any atom is -0.436 e. The zero-order valence-corrected chi connectivity index (χ0v) is 28.6. The first-order valence-corrected chi connectivity index (χ1v) is 17.5. The topological polar surface area (TPSA) is 120 Å². The monoisotopic (exact) mass is 737 g/mol. The molecule has 4 saturated heterocycles. The molecule has 3 atom stereocenters. The highest BCUT2D eigenvalue weighted by Gasteiger charge is 2.46. The van der Waals surface area contributed by atoms with Gasteiger partial charge in [0.2, 0.25) is 0 Å². The van der Waals surface area contributed by atoms with Gasteiger partial charge in [-0.25, -0.2) is 9.59 Å². The highest BCUT2D eigenvalue weighted by Crippen LogP contribution is 2.42. The van der Waals surface area contributed by atoms with E-state index in [0.717, 1.165) is 19.5 Å². The van der Waals surface area contributed by atoms with Gasteiger partial charge >= 0.3 is 24.1 Å². The number of piperazine rings is 1. The smallest absolute Gasteiger partial charge is 0.418 e. The molecule has 0 radical (unpaired) electrons. The van der Waals surface area contributed by atoms with E-state index < -0.39 is 59.3 Å². The first kappa shape index (κ1) is 36.1. The molecular formula is C35H41F6N7O4. The minimum atomic E-state index is -5.21. The molecular weight excluding hydrogens is 696 g/mol. The van der Waals surface area contributed by atoms with Crippen molar-refractivity contribution in [2.75, 3.05) is 52.0 Å². The van der Waals surface area contributed by atoms with E-state index in [0.29, 0.717) is 74.0 Å². The number of nitrogens with two attached hydrogens (primary N) is 1. The number of para-hydroxylation sites is 2. The van der Waals surface area contributed by atoms with Gasteiger partial charge < -0.3 is 30.2 Å². The second-order valence-electron chi connectivity index (χ2n) is 14.4. The maximum absolute atomic E-state index is 14.0. The van der Waals surface area contributed by atoms with Crippen LogP contribution in [0.15, 0.2) is 41.2 Å². The third-order valence-electron chi connectivity index (χ3n) is 11.3. The Hall–Kier alpha value is -4.25. The van der Waals surface area contributed by atoms with Gasteiger partial charge in [-0.15, -0.1) is 0 Å². The van der Waals surface area contributed by atoms with Crippen molar-refractivity contribution in [2.45, 2.75) is 81.1 Å². The molecule has 17 heteroatoms. The number of halogens is 6. The summed E-state index contributed by atoms with van der Waals surface area (Å²) in [6, 6.07) is 9.09. The highest BCUT2D eigenvalue weighted by atomic mass is 19.4. The molecule has 5 heterocycles. The van der Waals surface area contributed by atoms with Crippen LogP contribution in [0.1, 0.15) is 54.8 Å². The van der Waals surface area contributed by atoms with Gasteiger partial charge in [0.05, 0.1) is 27.8 Å². The number of carbonyl (C=O) groups excluding carboxylic acids is 2. The van der Waals surface area contributed by atoms with Crippen molar-refractivity contribution in [1.82, 2.24) is 29.2 Å². The van der Waals surface area contributed by atoms with Crippen LogP contribution in [0.5, 0.6) is 0 Å². The number of anilines is 1. The number of benzene rings is 2. The summed E-state index contributed by atoms with van der Waals surface area (Å²) in [4.78, 5) is 50.8. The molecule has 2 bridgehead atoms. The highest BCUT2D eigenvalue weighted by molar-refractivity contribution is 5.84. The number of rotatable bonds is 6. The third-order valence-corrected chi connectivity index (χ3v) is 11.3. The number of likely N-dealkylation sites (N-methyl/N-ethyl adjacent to an activating group) is 1. The van der Waals surface area contributed by atoms with Crippen molar-refractivity contribution in [3.05, 3.63) is 63.6 Å². The summed E-state index contributed by atoms with van der Waals surface area (Å²) in [5.74, 6) is -0.686. The van der Waals surface area contributed by atoms with Crippen LogP contribution in [-0.2, 0) is 28.3 Å². The van der Waals surface area contributed by atoms with Crippen LogP contribution in [-0.4, -0.2) is 112 Å². The number of carbonyl (C=O) groups is 2. The summed E-state index contributed by atoms with van der Waals surface area (Å²) in [5.41, 5.74) is 1.12. The molecule has 0 saturated carbocycles. The number of nitrogen functional groups attached to an aromatic ring is 1. The van der Waals surface area contributed by atoms with Crippen LogP contribution < -0.4 is 11.4 Å². The molecule has 11 nitrogen and oxygen atoms in total. The molecule has 3 aromatic rings. The number of piperidine rings is 2. The van der Waals surface area contributed by atoms with Crippen molar-refractivity contribution in [3.63, 3.8) is 0 Å². The fraction of sp³-hybridized carbons (Fsp3) is 0.571. The SMILES string of the molecule is CN1CC2CC1CN2C1CCN(C(=O)[C@@H](Cc2cc(C(F)(F)F)c(N)c(C(F)(F)F)c2)OC(=O)N2CCC(n3c(=O)[nH]c4ccccc43)CC2)CC1. The Bertz CT molecular complexity index is 1840. The molecule has 1 aromatic heterocycles. The number of likely N-dealkylation sites (tertiary alicyclic amines) is 4. The number of hydrogen-bond donors (Lipinski definition) is 2. The number of amides is 2. The first-order chi connectivity index (χ1) is 24.6. The van der Waals surface area contributed by atoms with Crippen molar-refractivity contribution < 1.29 is 40.7 Å². The fourth-order valence-corrected chi connectivity index (χ4v) is 8.60. The van der Waals surface area contributed by atoms with E-state index in [1.54, 1.807) is 16.7 Å². The molecule has 4 aliphatic heterocycles. The summed E-state index contributed by atoms with van der Waals surface area (Å²) in [7, 11) is 2.11. The van der Waals surface area contributed by atoms with Crippen LogP contribution in [0.3, 0.4) is 0 Å². The van der Waals surface area contributed by atoms with E-state index in [-0.39, 0.29) is 30.9 Å². The van der Waals surface area contributed by atoms with Crippen molar-refractivity contribution >= 4 is 28.7 Å². The maximum atomic E-state index is 14.0. The lowest BCUT2D eigenvalue weighted by atomic mass is 9.97. The summed E-state index contributed by atoms with van der Waals surface area (Å²) in [6.07, 6.45) is -10.6. The minimum absolute atomic E-state index is 0.146. The average Bonchev–Trinajstić information content (AvgIpc) is 3.78. The van der Waals surface area contributed by atoms with Gasteiger partial charge in [-0.2, -0.15) is 26.3 Å². The Balaban J connectivity index is 1.09. The average molecular weight is 738 g/mol. The zero-order valence-electron chi connectivity index (χ0n) is 28.6. The van der Waals surface area contributed by atoms with Gasteiger partial charge in [0, 0.05) is 69.9 Å². The molecule has 3 N–H and O–H groups in total. The Morgan fingerprint density at radius 3 is 2.04 bits per heavy atom. The number of fused-ring (bicyclic) bond motifs is 3. The molecule has 0 aliphatic carbocycles. The Kier molecular flexibility index (Phi) is 9.46. The van der Waals surface area contributed by atoms with Crippen LogP contribution in [0.2, 0.25) is 0 Å². The quantitative estimate of drug-likeness (QED) is 0.278. The number of hydrogen-bond acceptors (Lipinski definition) is 7. The summed E-state index contributed by atoms with van der Waals surface area (Å²) < 4.78 is 90.6. The molecule has 2 amide bonds. The van der Waals surface area contributed by atoms with E-state index in [2.05, 4.69) is 21.8 Å². The normalized spacial score (nSPS) is 23.1. The molecule has 7 rings (SSSR count). The molecule has 0 spiro atoms. The molecule has 52 heavy (non-hydrogen) atoms. The molecule has 2 unspecified atom stereocenters. The van der Waals surface area contributed by atoms with Gasteiger partial charge in [-0.3, -0.25) is 14.3 Å². The van der Waals surface area contributed by atoms with E-state index >= 15 is 0 Å². The van der Waals surface area contributed by atoms with Gasteiger partial charge in [-0.05, 0) is 69.0 Å². The molecule has 4 aliphatic rings.